The summed E-state index contributed by atoms with van der Waals surface area (Å²) in [6.07, 6.45) is -4.67. The molecule has 4 aromatic rings. The maximum Gasteiger partial charge on any atom is 0.435 e. The fraction of sp³-hybridized carbons (Fsp3) is 0.258. The third-order valence-corrected chi connectivity index (χ3v) is 7.27. The van der Waals surface area contributed by atoms with E-state index >= 15 is 17.6 Å². The molecule has 0 saturated carbocycles. The molecule has 1 N–H and O–H groups in total. The van der Waals surface area contributed by atoms with Crippen molar-refractivity contribution in [2.45, 2.75) is 52.4 Å². The van der Waals surface area contributed by atoms with Crippen molar-refractivity contribution in [1.29, 1.82) is 0 Å². The Kier molecular flexibility index (Phi) is 8.22. The second kappa shape index (κ2) is 11.1. The van der Waals surface area contributed by atoms with Crippen LogP contribution in [0.25, 0.3) is 0 Å². The molecule has 0 spiro atoms. The SMILES string of the molecule is CC(C)(C)c1cc(C(C)(C)C)[n+]([B-](C#Cc2ccccc2)(c2c(F)c(F)c(F)c(F)c2F)c2c(F)c(F)c(F)c(F)c2F)[nH]1. The van der Waals surface area contributed by atoms with Gasteiger partial charge in [0.1, 0.15) is 23.3 Å². The number of aromatic amines is 1. The van der Waals surface area contributed by atoms with Crippen LogP contribution in [0, 0.1) is 69.9 Å². The van der Waals surface area contributed by atoms with Crippen molar-refractivity contribution in [1.82, 2.24) is 5.10 Å². The van der Waals surface area contributed by atoms with Crippen molar-refractivity contribution in [3.63, 3.8) is 0 Å². The fourth-order valence-corrected chi connectivity index (χ4v) is 4.99. The second-order valence-corrected chi connectivity index (χ2v) is 12.3. The molecule has 3 aromatic carbocycles. The first-order chi connectivity index (χ1) is 20.3. The van der Waals surface area contributed by atoms with Gasteiger partial charge >= 0.3 is 6.28 Å². The van der Waals surface area contributed by atoms with Crippen LogP contribution >= 0.6 is 0 Å². The van der Waals surface area contributed by atoms with Crippen LogP contribution in [-0.4, -0.2) is 11.4 Å². The van der Waals surface area contributed by atoms with Crippen LogP contribution in [0.5, 0.6) is 0 Å². The van der Waals surface area contributed by atoms with Gasteiger partial charge in [0.05, 0.1) is 5.69 Å². The van der Waals surface area contributed by atoms with Crippen LogP contribution in [0.1, 0.15) is 58.5 Å². The number of nitrogens with zero attached hydrogens (tertiary/aromatic N) is 1. The molecule has 232 valence electrons. The van der Waals surface area contributed by atoms with Crippen LogP contribution in [0.15, 0.2) is 36.4 Å². The molecule has 0 aliphatic rings. The van der Waals surface area contributed by atoms with E-state index in [1.807, 2.05) is 0 Å². The Morgan fingerprint density at radius 2 is 0.955 bits per heavy atom. The Bertz CT molecular complexity index is 1710. The van der Waals surface area contributed by atoms with Crippen molar-refractivity contribution in [2.75, 3.05) is 0 Å². The normalized spacial score (nSPS) is 12.4. The molecule has 0 amide bonds. The van der Waals surface area contributed by atoms with Gasteiger partial charge in [0.2, 0.25) is 0 Å². The number of hydrogen-bond acceptors (Lipinski definition) is 0. The number of hydrogen-bond donors (Lipinski definition) is 1. The van der Waals surface area contributed by atoms with E-state index in [-0.39, 0.29) is 17.0 Å². The first-order valence-electron chi connectivity index (χ1n) is 13.2. The molecule has 0 saturated heterocycles. The summed E-state index contributed by atoms with van der Waals surface area (Å²) in [5.74, 6) is -20.9. The lowest BCUT2D eigenvalue weighted by molar-refractivity contribution is -0.615. The van der Waals surface area contributed by atoms with Gasteiger partial charge in [0.15, 0.2) is 40.6 Å². The lowest BCUT2D eigenvalue weighted by Crippen LogP contribution is -2.83. The van der Waals surface area contributed by atoms with E-state index in [0.717, 1.165) is 0 Å². The van der Waals surface area contributed by atoms with Crippen LogP contribution in [0.2, 0.25) is 0 Å². The maximum atomic E-state index is 15.9. The van der Waals surface area contributed by atoms with Crippen LogP contribution in [-0.2, 0) is 10.8 Å². The summed E-state index contributed by atoms with van der Waals surface area (Å²) < 4.78 is 152. The second-order valence-electron chi connectivity index (χ2n) is 12.3. The van der Waals surface area contributed by atoms with Gasteiger partial charge in [0, 0.05) is 22.5 Å². The molecule has 13 heteroatoms. The molecule has 0 aliphatic heterocycles. The van der Waals surface area contributed by atoms with Gasteiger partial charge < -0.3 is 4.59 Å². The molecule has 1 aromatic heterocycles. The number of rotatable bonds is 3. The van der Waals surface area contributed by atoms with Gasteiger partial charge in [-0.25, -0.2) is 54.8 Å². The maximum absolute atomic E-state index is 15.9. The third kappa shape index (κ3) is 5.14. The highest BCUT2D eigenvalue weighted by atomic mass is 19.2. The Morgan fingerprint density at radius 1 is 0.568 bits per heavy atom. The highest BCUT2D eigenvalue weighted by Crippen LogP contribution is 2.29. The summed E-state index contributed by atoms with van der Waals surface area (Å²) in [5, 5.41) is 2.72. The van der Waals surface area contributed by atoms with E-state index in [0.29, 0.717) is 4.59 Å². The Morgan fingerprint density at radius 3 is 1.32 bits per heavy atom. The van der Waals surface area contributed by atoms with Crippen molar-refractivity contribution in [3.8, 4) is 11.7 Å². The Labute approximate surface area is 246 Å². The van der Waals surface area contributed by atoms with Crippen LogP contribution < -0.4 is 15.5 Å². The first-order valence-corrected chi connectivity index (χ1v) is 13.2. The molecular formula is C31H25BF10N2. The lowest BCUT2D eigenvalue weighted by atomic mass is 9.27. The molecule has 44 heavy (non-hydrogen) atoms. The van der Waals surface area contributed by atoms with E-state index in [9.17, 15) is 26.3 Å². The zero-order chi connectivity index (χ0) is 33.1. The quantitative estimate of drug-likeness (QED) is 0.0883. The summed E-state index contributed by atoms with van der Waals surface area (Å²) in [6, 6.07) is 8.54. The molecule has 0 unspecified atom stereocenters. The minimum absolute atomic E-state index is 0.0204. The number of aromatic nitrogens is 2. The van der Waals surface area contributed by atoms with E-state index in [1.54, 1.807) is 47.6 Å². The van der Waals surface area contributed by atoms with Gasteiger partial charge in [-0.05, 0) is 23.1 Å². The summed E-state index contributed by atoms with van der Waals surface area (Å²) >= 11 is 0. The molecule has 2 nitrogen and oxygen atoms in total. The fourth-order valence-electron chi connectivity index (χ4n) is 4.99. The summed E-state index contributed by atoms with van der Waals surface area (Å²) in [7, 11) is 0. The third-order valence-electron chi connectivity index (χ3n) is 7.27. The largest absolute Gasteiger partial charge is 0.435 e. The molecule has 0 fully saturated rings. The Balaban J connectivity index is 2.47. The average Bonchev–Trinajstić information content (AvgIpc) is 3.44. The number of benzene rings is 3. The van der Waals surface area contributed by atoms with Crippen molar-refractivity contribution >= 4 is 17.2 Å². The predicted molar refractivity (Wildman–Crippen MR) is 145 cm³/mol. The minimum atomic E-state index is -4.67. The van der Waals surface area contributed by atoms with Gasteiger partial charge in [-0.2, -0.15) is 0 Å². The molecule has 0 radical (unpaired) electrons. The van der Waals surface area contributed by atoms with E-state index < -0.39 is 86.2 Å². The van der Waals surface area contributed by atoms with Crippen LogP contribution in [0.3, 0.4) is 0 Å². The molecule has 1 heterocycles. The topological polar surface area (TPSA) is 19.7 Å². The molecule has 0 atom stereocenters. The van der Waals surface area contributed by atoms with Gasteiger partial charge in [0.25, 0.3) is 0 Å². The van der Waals surface area contributed by atoms with Gasteiger partial charge in [-0.15, -0.1) is 5.92 Å². The van der Waals surface area contributed by atoms with Crippen molar-refractivity contribution in [2.24, 2.45) is 0 Å². The number of nitrogens with one attached hydrogen (secondary N) is 1. The standard InChI is InChI=1S/C31H25BF10N2/c1-30(2,3)16-14-17(31(4,5)6)44(43-16)32(13-12-15-10-8-7-9-11-15,18-20(33)24(37)28(41)25(38)21(18)34)19-22(35)26(39)29(42)27(40)23(19)36/h7-11,14,43H,1-6H3. The minimum Gasteiger partial charge on any atom is -0.311 e. The number of H-pyrrole nitrogens is 1. The van der Waals surface area contributed by atoms with Crippen molar-refractivity contribution < 1.29 is 48.5 Å². The van der Waals surface area contributed by atoms with E-state index in [1.165, 1.54) is 30.3 Å². The van der Waals surface area contributed by atoms with Gasteiger partial charge in [-0.1, -0.05) is 59.7 Å². The Hall–Kier alpha value is -4.21. The summed E-state index contributed by atoms with van der Waals surface area (Å²) in [4.78, 5) is 0. The number of halogens is 10. The zero-order valence-electron chi connectivity index (χ0n) is 24.3. The highest BCUT2D eigenvalue weighted by molar-refractivity contribution is 7.02. The van der Waals surface area contributed by atoms with E-state index in [4.69, 9.17) is 0 Å². The monoisotopic (exact) mass is 626 g/mol. The molecular weight excluding hydrogens is 601 g/mol. The zero-order valence-corrected chi connectivity index (χ0v) is 24.3. The van der Waals surface area contributed by atoms with Gasteiger partial charge in [-0.3, -0.25) is 0 Å². The predicted octanol–water partition coefficient (Wildman–Crippen LogP) is 6.49. The highest BCUT2D eigenvalue weighted by Gasteiger charge is 2.55. The van der Waals surface area contributed by atoms with Crippen molar-refractivity contribution in [3.05, 3.63) is 112 Å². The molecule has 0 aliphatic carbocycles. The molecule has 4 rings (SSSR count). The first kappa shape index (κ1) is 32.7. The molecule has 0 bridgehead atoms. The van der Waals surface area contributed by atoms with E-state index in [2.05, 4.69) is 16.8 Å². The average molecular weight is 626 g/mol. The summed E-state index contributed by atoms with van der Waals surface area (Å²) in [6.45, 7) is 9.62. The lowest BCUT2D eigenvalue weighted by Gasteiger charge is -2.34. The summed E-state index contributed by atoms with van der Waals surface area (Å²) in [5.41, 5.74) is -5.66. The smallest absolute Gasteiger partial charge is 0.311 e. The van der Waals surface area contributed by atoms with Crippen LogP contribution in [0.4, 0.5) is 43.9 Å².